The van der Waals surface area contributed by atoms with E-state index in [9.17, 15) is 23.5 Å². The number of aliphatic carboxylic acids is 1. The molecule has 0 atom stereocenters. The summed E-state index contributed by atoms with van der Waals surface area (Å²) >= 11 is 0. The molecule has 0 spiro atoms. The Bertz CT molecular complexity index is 1290. The van der Waals surface area contributed by atoms with Crippen LogP contribution in [0.3, 0.4) is 0 Å². The van der Waals surface area contributed by atoms with E-state index < -0.39 is 17.6 Å². The van der Waals surface area contributed by atoms with Gasteiger partial charge >= 0.3 is 5.97 Å². The molecule has 2 aromatic heterocycles. The molecule has 2 N–H and O–H groups in total. The number of halogens is 2. The van der Waals surface area contributed by atoms with E-state index in [1.165, 1.54) is 36.4 Å². The monoisotopic (exact) mass is 422 g/mol. The third-order valence-corrected chi connectivity index (χ3v) is 5.41. The first-order valence-corrected chi connectivity index (χ1v) is 9.76. The number of Topliss-reactive ketones (excluding diaryl/α,β-unsaturated/α-hetero) is 1. The Morgan fingerprint density at radius 1 is 1.03 bits per heavy atom. The summed E-state index contributed by atoms with van der Waals surface area (Å²) in [4.78, 5) is 26.9. The molecule has 0 amide bonds. The Morgan fingerprint density at radius 2 is 1.74 bits per heavy atom. The number of carboxylic acids is 1. The predicted molar refractivity (Wildman–Crippen MR) is 112 cm³/mol. The van der Waals surface area contributed by atoms with E-state index in [1.54, 1.807) is 16.8 Å². The van der Waals surface area contributed by atoms with Gasteiger partial charge in [0.1, 0.15) is 18.2 Å². The van der Waals surface area contributed by atoms with Crippen LogP contribution in [0.4, 0.5) is 8.78 Å². The Balaban J connectivity index is 1.60. The van der Waals surface area contributed by atoms with Gasteiger partial charge in [-0.05, 0) is 66.6 Å². The first-order valence-electron chi connectivity index (χ1n) is 9.76. The van der Waals surface area contributed by atoms with E-state index in [2.05, 4.69) is 4.98 Å². The fraction of sp³-hybridized carbons (Fsp3) is 0.167. The van der Waals surface area contributed by atoms with Gasteiger partial charge < -0.3 is 14.7 Å². The number of benzene rings is 2. The number of nitrogens with one attached hydrogen (secondary N) is 1. The molecule has 31 heavy (non-hydrogen) atoms. The zero-order chi connectivity index (χ0) is 22.1. The average molecular weight is 422 g/mol. The number of rotatable bonds is 7. The molecule has 0 aliphatic carbocycles. The molecule has 5 nitrogen and oxygen atoms in total. The lowest BCUT2D eigenvalue weighted by Crippen LogP contribution is -2.10. The van der Waals surface area contributed by atoms with Crippen LogP contribution in [0, 0.1) is 18.6 Å². The maximum Gasteiger partial charge on any atom is 0.323 e. The summed E-state index contributed by atoms with van der Waals surface area (Å²) in [6.45, 7) is 1.61. The molecule has 7 heteroatoms. The molecule has 0 radical (unpaired) electrons. The maximum absolute atomic E-state index is 13.9. The third kappa shape index (κ3) is 4.26. The smallest absolute Gasteiger partial charge is 0.323 e. The van der Waals surface area contributed by atoms with Gasteiger partial charge in [0.25, 0.3) is 0 Å². The number of hydrogen-bond donors (Lipinski definition) is 2. The topological polar surface area (TPSA) is 75.1 Å². The lowest BCUT2D eigenvalue weighted by atomic mass is 10.0. The normalized spacial score (nSPS) is 11.2. The van der Waals surface area contributed by atoms with Gasteiger partial charge in [-0.3, -0.25) is 9.59 Å². The van der Waals surface area contributed by atoms with Crippen molar-refractivity contribution >= 4 is 22.7 Å². The van der Waals surface area contributed by atoms with Crippen LogP contribution in [-0.4, -0.2) is 26.4 Å². The highest BCUT2D eigenvalue weighted by Gasteiger charge is 2.18. The summed E-state index contributed by atoms with van der Waals surface area (Å²) in [5.41, 5.74) is 4.28. The minimum atomic E-state index is -0.975. The molecule has 0 saturated carbocycles. The molecule has 0 aliphatic heterocycles. The first kappa shape index (κ1) is 20.5. The molecular weight excluding hydrogens is 402 g/mol. The quantitative estimate of drug-likeness (QED) is 0.426. The summed E-state index contributed by atoms with van der Waals surface area (Å²) in [5.74, 6) is -1.88. The molecule has 2 heterocycles. The zero-order valence-electron chi connectivity index (χ0n) is 16.8. The molecule has 158 valence electrons. The van der Waals surface area contributed by atoms with Gasteiger partial charge in [-0.25, -0.2) is 8.78 Å². The van der Waals surface area contributed by atoms with Gasteiger partial charge in [-0.2, -0.15) is 0 Å². The summed E-state index contributed by atoms with van der Waals surface area (Å²) < 4.78 is 28.6. The number of carbonyl (C=O) groups excluding carboxylic acids is 1. The van der Waals surface area contributed by atoms with Gasteiger partial charge in [0.15, 0.2) is 5.78 Å². The van der Waals surface area contributed by atoms with Crippen molar-refractivity contribution < 1.29 is 23.5 Å². The van der Waals surface area contributed by atoms with Gasteiger partial charge in [-0.1, -0.05) is 0 Å². The summed E-state index contributed by atoms with van der Waals surface area (Å²) in [6, 6.07) is 11.6. The van der Waals surface area contributed by atoms with E-state index in [1.807, 2.05) is 13.0 Å². The Labute approximate surface area is 176 Å². The summed E-state index contributed by atoms with van der Waals surface area (Å²) in [6.07, 6.45) is 2.34. The maximum atomic E-state index is 13.9. The summed E-state index contributed by atoms with van der Waals surface area (Å²) in [5, 5.41) is 9.91. The average Bonchev–Trinajstić information content (AvgIpc) is 3.26. The molecule has 0 aliphatic rings. The SMILES string of the molecule is Cc1c(Cc2cc(CC(=O)c3ccc(F)cc3)c[nH]2)c2cc(F)ccc2n1CC(=O)O. The van der Waals surface area contributed by atoms with Crippen LogP contribution in [0.2, 0.25) is 0 Å². The Hall–Kier alpha value is -3.74. The number of carbonyl (C=O) groups is 2. The number of aromatic amines is 1. The van der Waals surface area contributed by atoms with E-state index in [4.69, 9.17) is 0 Å². The highest BCUT2D eigenvalue weighted by molar-refractivity contribution is 5.97. The minimum Gasteiger partial charge on any atom is -0.480 e. The van der Waals surface area contributed by atoms with Crippen LogP contribution in [0.25, 0.3) is 10.9 Å². The largest absolute Gasteiger partial charge is 0.480 e. The van der Waals surface area contributed by atoms with Crippen molar-refractivity contribution in [3.8, 4) is 0 Å². The van der Waals surface area contributed by atoms with Crippen molar-refractivity contribution in [2.75, 3.05) is 0 Å². The summed E-state index contributed by atoms with van der Waals surface area (Å²) in [7, 11) is 0. The van der Waals surface area contributed by atoms with Crippen LogP contribution in [-0.2, 0) is 24.2 Å². The second kappa shape index (κ2) is 8.18. The molecule has 0 saturated heterocycles. The van der Waals surface area contributed by atoms with Crippen molar-refractivity contribution in [3.63, 3.8) is 0 Å². The van der Waals surface area contributed by atoms with E-state index in [0.29, 0.717) is 22.9 Å². The van der Waals surface area contributed by atoms with Crippen LogP contribution < -0.4 is 0 Å². The second-order valence-corrected chi connectivity index (χ2v) is 7.52. The van der Waals surface area contributed by atoms with Crippen molar-refractivity contribution in [2.45, 2.75) is 26.3 Å². The van der Waals surface area contributed by atoms with Crippen LogP contribution >= 0.6 is 0 Å². The van der Waals surface area contributed by atoms with Crippen molar-refractivity contribution in [3.05, 3.63) is 94.4 Å². The number of hydrogen-bond acceptors (Lipinski definition) is 2. The number of fused-ring (bicyclic) bond motifs is 1. The number of H-pyrrole nitrogens is 1. The molecule has 2 aromatic carbocycles. The van der Waals surface area contributed by atoms with E-state index >= 15 is 0 Å². The fourth-order valence-electron chi connectivity index (χ4n) is 3.90. The van der Waals surface area contributed by atoms with Gasteiger partial charge in [0, 0.05) is 46.9 Å². The standard InChI is InChI=1S/C24H20F2N2O3/c1-14-20(21-10-18(26)6-7-22(21)28(14)13-24(30)31)11-19-8-15(12-27-19)9-23(29)16-2-4-17(25)5-3-16/h2-8,10,12,27H,9,11,13H2,1H3,(H,30,31). The van der Waals surface area contributed by atoms with Crippen molar-refractivity contribution in [2.24, 2.45) is 0 Å². The minimum absolute atomic E-state index is 0.123. The number of aromatic nitrogens is 2. The number of nitrogens with zero attached hydrogens (tertiary/aromatic N) is 1. The van der Waals surface area contributed by atoms with E-state index in [-0.39, 0.29) is 18.7 Å². The van der Waals surface area contributed by atoms with E-state index in [0.717, 1.165) is 22.5 Å². The highest BCUT2D eigenvalue weighted by Crippen LogP contribution is 2.29. The first-order chi connectivity index (χ1) is 14.8. The van der Waals surface area contributed by atoms with Gasteiger partial charge in [-0.15, -0.1) is 0 Å². The van der Waals surface area contributed by atoms with Crippen LogP contribution in [0.5, 0.6) is 0 Å². The van der Waals surface area contributed by atoms with Gasteiger partial charge in [0.2, 0.25) is 0 Å². The molecular formula is C24H20F2N2O3. The molecule has 4 rings (SSSR count). The number of carboxylic acid groups (broad SMARTS) is 1. The fourth-order valence-corrected chi connectivity index (χ4v) is 3.90. The Morgan fingerprint density at radius 3 is 2.45 bits per heavy atom. The van der Waals surface area contributed by atoms with Crippen molar-refractivity contribution in [1.82, 2.24) is 9.55 Å². The third-order valence-electron chi connectivity index (χ3n) is 5.41. The number of ketones is 1. The Kier molecular flexibility index (Phi) is 5.42. The predicted octanol–water partition coefficient (Wildman–Crippen LogP) is 4.66. The molecule has 0 fully saturated rings. The zero-order valence-corrected chi connectivity index (χ0v) is 16.8. The lowest BCUT2D eigenvalue weighted by molar-refractivity contribution is -0.137. The molecule has 0 unspecified atom stereocenters. The van der Waals surface area contributed by atoms with Gasteiger partial charge in [0.05, 0.1) is 0 Å². The lowest BCUT2D eigenvalue weighted by Gasteiger charge is -2.05. The van der Waals surface area contributed by atoms with Crippen molar-refractivity contribution in [1.29, 1.82) is 0 Å². The van der Waals surface area contributed by atoms with Crippen LogP contribution in [0.1, 0.15) is 32.9 Å². The molecule has 4 aromatic rings. The highest BCUT2D eigenvalue weighted by atomic mass is 19.1. The molecule has 0 bridgehead atoms. The second-order valence-electron chi connectivity index (χ2n) is 7.52. The van der Waals surface area contributed by atoms with Crippen LogP contribution in [0.15, 0.2) is 54.7 Å².